The molecule has 1 fully saturated rings. The number of hydrogen-bond acceptors (Lipinski definition) is 5. The van der Waals surface area contributed by atoms with E-state index in [0.717, 1.165) is 36.6 Å². The zero-order valence-corrected chi connectivity index (χ0v) is 17.8. The number of fused-ring (bicyclic) bond motifs is 2. The van der Waals surface area contributed by atoms with Crippen LogP contribution in [0.15, 0.2) is 62.0 Å². The third-order valence-corrected chi connectivity index (χ3v) is 8.07. The smallest absolute Gasteiger partial charge is 0.362 e. The largest absolute Gasteiger partial charge is 0.421 e. The molecule has 1 saturated carbocycles. The molecule has 4 aromatic rings. The molecule has 0 radical (unpaired) electrons. The Bertz CT molecular complexity index is 1580. The Balaban J connectivity index is 1.75. The lowest BCUT2D eigenvalue weighted by atomic mass is 10.2. The van der Waals surface area contributed by atoms with E-state index in [0.29, 0.717) is 6.04 Å². The van der Waals surface area contributed by atoms with Crippen molar-refractivity contribution in [1.29, 1.82) is 0 Å². The molecule has 2 heterocycles. The molecule has 0 amide bonds. The Hall–Kier alpha value is -3.04. The first-order valence-corrected chi connectivity index (χ1v) is 11.7. The van der Waals surface area contributed by atoms with Gasteiger partial charge in [-0.05, 0) is 48.6 Å². The molecular formula is C21H18ClN3O5S. The fourth-order valence-corrected chi connectivity index (χ4v) is 6.07. The Kier molecular flexibility index (Phi) is 4.49. The number of halogens is 1. The zero-order valence-electron chi connectivity index (χ0n) is 16.2. The van der Waals surface area contributed by atoms with Gasteiger partial charge in [-0.2, -0.15) is 0 Å². The van der Waals surface area contributed by atoms with Crippen molar-refractivity contribution in [1.82, 2.24) is 14.3 Å². The van der Waals surface area contributed by atoms with Gasteiger partial charge in [-0.3, -0.25) is 4.79 Å². The molecule has 1 aliphatic carbocycles. The van der Waals surface area contributed by atoms with Crippen LogP contribution < -0.4 is 11.2 Å². The molecule has 0 unspecified atom stereocenters. The van der Waals surface area contributed by atoms with Gasteiger partial charge in [0, 0.05) is 17.8 Å². The molecule has 2 aromatic carbocycles. The number of benzene rings is 2. The van der Waals surface area contributed by atoms with Crippen LogP contribution in [0.1, 0.15) is 31.7 Å². The molecule has 0 bridgehead atoms. The van der Waals surface area contributed by atoms with Crippen molar-refractivity contribution in [3.8, 4) is 0 Å². The van der Waals surface area contributed by atoms with Crippen LogP contribution >= 0.6 is 11.6 Å². The Morgan fingerprint density at radius 2 is 1.81 bits per heavy atom. The van der Waals surface area contributed by atoms with Gasteiger partial charge < -0.3 is 14.8 Å². The van der Waals surface area contributed by atoms with Crippen LogP contribution in [-0.2, 0) is 9.84 Å². The number of aromatic amines is 1. The fraction of sp³-hybridized carbons (Fsp3) is 0.238. The highest BCUT2D eigenvalue weighted by molar-refractivity contribution is 7.91. The molecule has 10 heteroatoms. The maximum atomic E-state index is 13.5. The van der Waals surface area contributed by atoms with Gasteiger partial charge in [-0.15, -0.1) is 0 Å². The van der Waals surface area contributed by atoms with Gasteiger partial charge in [-0.1, -0.05) is 35.2 Å². The van der Waals surface area contributed by atoms with Crippen molar-refractivity contribution in [3.05, 3.63) is 68.5 Å². The maximum absolute atomic E-state index is 13.5. The molecule has 2 aromatic heterocycles. The summed E-state index contributed by atoms with van der Waals surface area (Å²) >= 11 is 6.07. The topological polar surface area (TPSA) is 114 Å². The van der Waals surface area contributed by atoms with Crippen molar-refractivity contribution in [3.63, 3.8) is 0 Å². The van der Waals surface area contributed by atoms with E-state index >= 15 is 0 Å². The lowest BCUT2D eigenvalue weighted by Crippen LogP contribution is -2.33. The highest BCUT2D eigenvalue weighted by Crippen LogP contribution is 2.35. The average Bonchev–Trinajstić information content (AvgIpc) is 3.40. The van der Waals surface area contributed by atoms with E-state index in [-0.39, 0.29) is 30.4 Å². The SMILES string of the molecule is O=c1[nH]c2c(S(=O)(=O)c3ccc4ccn(C5CCCC5)c4c3)ccc(Cl)c2c(=O)n1O. The Morgan fingerprint density at radius 3 is 2.55 bits per heavy atom. The molecule has 160 valence electrons. The summed E-state index contributed by atoms with van der Waals surface area (Å²) in [5.74, 6) is 0. The van der Waals surface area contributed by atoms with E-state index in [1.54, 1.807) is 12.1 Å². The molecule has 31 heavy (non-hydrogen) atoms. The number of H-pyrrole nitrogens is 1. The third kappa shape index (κ3) is 2.99. The predicted molar refractivity (Wildman–Crippen MR) is 116 cm³/mol. The summed E-state index contributed by atoms with van der Waals surface area (Å²) in [4.78, 5) is 26.3. The van der Waals surface area contributed by atoms with E-state index in [4.69, 9.17) is 11.6 Å². The van der Waals surface area contributed by atoms with Gasteiger partial charge >= 0.3 is 5.69 Å². The standard InChI is InChI=1S/C21H18ClN3O5S/c22-15-7-8-17(19-18(15)20(26)25(28)21(27)23-19)31(29,30)14-6-5-12-9-10-24(16(12)11-14)13-3-1-2-4-13/h5-11,13,28H,1-4H2,(H,23,27). The first-order valence-electron chi connectivity index (χ1n) is 9.81. The van der Waals surface area contributed by atoms with Crippen LogP contribution in [0.25, 0.3) is 21.8 Å². The number of rotatable bonds is 3. The summed E-state index contributed by atoms with van der Waals surface area (Å²) in [6.45, 7) is 0. The number of aromatic nitrogens is 3. The predicted octanol–water partition coefficient (Wildman–Crippen LogP) is 3.48. The first-order chi connectivity index (χ1) is 14.8. The normalized spacial score (nSPS) is 15.3. The van der Waals surface area contributed by atoms with Crippen molar-refractivity contribution in [2.75, 3.05) is 0 Å². The summed E-state index contributed by atoms with van der Waals surface area (Å²) in [6, 6.07) is 9.68. The lowest BCUT2D eigenvalue weighted by Gasteiger charge is -2.14. The lowest BCUT2D eigenvalue weighted by molar-refractivity contribution is 0.162. The van der Waals surface area contributed by atoms with Crippen LogP contribution in [0.3, 0.4) is 0 Å². The zero-order chi connectivity index (χ0) is 21.9. The van der Waals surface area contributed by atoms with Crippen LogP contribution in [0.4, 0.5) is 0 Å². The number of hydrogen-bond donors (Lipinski definition) is 2. The van der Waals surface area contributed by atoms with Crippen molar-refractivity contribution >= 4 is 43.2 Å². The molecule has 2 N–H and O–H groups in total. The summed E-state index contributed by atoms with van der Waals surface area (Å²) in [5, 5.41) is 10.2. The Morgan fingerprint density at radius 1 is 1.06 bits per heavy atom. The fourth-order valence-electron chi connectivity index (χ4n) is 4.40. The second-order valence-corrected chi connectivity index (χ2v) is 10.1. The molecular weight excluding hydrogens is 442 g/mol. The van der Waals surface area contributed by atoms with E-state index in [1.807, 2.05) is 12.3 Å². The summed E-state index contributed by atoms with van der Waals surface area (Å²) in [6.07, 6.45) is 6.38. The van der Waals surface area contributed by atoms with Gasteiger partial charge in [0.2, 0.25) is 9.84 Å². The first kappa shape index (κ1) is 19.9. The second kappa shape index (κ2) is 7.00. The van der Waals surface area contributed by atoms with Gasteiger partial charge in [-0.25, -0.2) is 13.2 Å². The minimum atomic E-state index is -4.11. The van der Waals surface area contributed by atoms with E-state index in [9.17, 15) is 23.2 Å². The summed E-state index contributed by atoms with van der Waals surface area (Å²) in [5.41, 5.74) is -1.66. The van der Waals surface area contributed by atoms with Gasteiger partial charge in [0.05, 0.1) is 25.7 Å². The third-order valence-electron chi connectivity index (χ3n) is 5.96. The number of nitrogens with one attached hydrogen (secondary N) is 1. The molecule has 0 spiro atoms. The van der Waals surface area contributed by atoms with Crippen LogP contribution in [0.2, 0.25) is 5.02 Å². The van der Waals surface area contributed by atoms with Crippen molar-refractivity contribution < 1.29 is 13.6 Å². The second-order valence-electron chi connectivity index (χ2n) is 7.73. The van der Waals surface area contributed by atoms with Gasteiger partial charge in [0.15, 0.2) is 0 Å². The van der Waals surface area contributed by atoms with E-state index in [1.165, 1.54) is 18.2 Å². The van der Waals surface area contributed by atoms with Crippen molar-refractivity contribution in [2.45, 2.75) is 41.5 Å². The van der Waals surface area contributed by atoms with E-state index < -0.39 is 21.1 Å². The maximum Gasteiger partial charge on any atom is 0.362 e. The monoisotopic (exact) mass is 459 g/mol. The summed E-state index contributed by atoms with van der Waals surface area (Å²) in [7, 11) is -4.11. The Labute approximate surface area is 181 Å². The molecule has 5 rings (SSSR count). The van der Waals surface area contributed by atoms with Crippen LogP contribution in [0.5, 0.6) is 0 Å². The van der Waals surface area contributed by atoms with E-state index in [2.05, 4.69) is 9.55 Å². The molecule has 0 aliphatic heterocycles. The van der Waals surface area contributed by atoms with Gasteiger partial charge in [0.1, 0.15) is 0 Å². The minimum absolute atomic E-state index is 0.0376. The van der Waals surface area contributed by atoms with Crippen LogP contribution in [0, 0.1) is 0 Å². The minimum Gasteiger partial charge on any atom is -0.421 e. The molecule has 0 atom stereocenters. The average molecular weight is 460 g/mol. The van der Waals surface area contributed by atoms with Crippen LogP contribution in [-0.4, -0.2) is 27.9 Å². The summed E-state index contributed by atoms with van der Waals surface area (Å²) < 4.78 is 29.0. The van der Waals surface area contributed by atoms with Crippen molar-refractivity contribution in [2.24, 2.45) is 0 Å². The van der Waals surface area contributed by atoms with Gasteiger partial charge in [0.25, 0.3) is 5.56 Å². The molecule has 0 saturated heterocycles. The molecule has 1 aliphatic rings. The number of nitrogens with zero attached hydrogens (tertiary/aromatic N) is 2. The number of sulfone groups is 1. The molecule has 8 nitrogen and oxygen atoms in total. The highest BCUT2D eigenvalue weighted by atomic mass is 35.5. The quantitative estimate of drug-likeness (QED) is 0.455. The highest BCUT2D eigenvalue weighted by Gasteiger charge is 2.26.